The van der Waals surface area contributed by atoms with Crippen molar-refractivity contribution in [1.82, 2.24) is 24.1 Å². The lowest BCUT2D eigenvalue weighted by atomic mass is 9.91. The van der Waals surface area contributed by atoms with Crippen molar-refractivity contribution in [3.63, 3.8) is 0 Å². The standard InChI is InChI=1S/C57H39N7/c1-5-17-37(18-6-1)53-58-54(38-19-7-2-8-20-38)60-57(59-53)64-52-34-30-40(39-29-33-51-47(35-39)44-26-14-15-27-49(44)62(51)41-21-9-3-10-22-41)36-48(52)46-32-31-45-43-25-13-16-28-50(43)63(55(45)61-56(46)64)42-23-11-4-12-24-42/h1-30,33-36,46H,31-32H2. The van der Waals surface area contributed by atoms with Gasteiger partial charge in [0, 0.05) is 50.1 Å². The third-order valence-electron chi connectivity index (χ3n) is 13.0. The molecule has 13 rings (SSSR count). The van der Waals surface area contributed by atoms with E-state index in [1.54, 1.807) is 0 Å². The van der Waals surface area contributed by atoms with Crippen LogP contribution in [0, 0.1) is 0 Å². The smallest absolute Gasteiger partial charge is 0.239 e. The number of rotatable bonds is 6. The first-order valence-electron chi connectivity index (χ1n) is 21.9. The minimum absolute atomic E-state index is 0.0221. The van der Waals surface area contributed by atoms with Gasteiger partial charge >= 0.3 is 0 Å². The third kappa shape index (κ3) is 5.74. The topological polar surface area (TPSA) is 64.1 Å². The van der Waals surface area contributed by atoms with Gasteiger partial charge in [0.1, 0.15) is 11.7 Å². The molecule has 1 unspecified atom stereocenters. The van der Waals surface area contributed by atoms with Crippen molar-refractivity contribution in [3.8, 4) is 45.3 Å². The molecule has 2 aliphatic rings. The van der Waals surface area contributed by atoms with Crippen LogP contribution in [0.25, 0.3) is 78.0 Å². The monoisotopic (exact) mass is 821 g/mol. The van der Waals surface area contributed by atoms with E-state index in [9.17, 15) is 0 Å². The zero-order valence-electron chi connectivity index (χ0n) is 34.8. The Balaban J connectivity index is 1.03. The Morgan fingerprint density at radius 1 is 0.422 bits per heavy atom. The van der Waals surface area contributed by atoms with Crippen molar-refractivity contribution in [1.29, 1.82) is 0 Å². The van der Waals surface area contributed by atoms with Crippen molar-refractivity contribution in [2.45, 2.75) is 18.8 Å². The molecular weight excluding hydrogens is 783 g/mol. The first-order valence-corrected chi connectivity index (χ1v) is 21.9. The largest absolute Gasteiger partial charge is 0.309 e. The summed E-state index contributed by atoms with van der Waals surface area (Å²) in [6.07, 6.45) is 1.73. The van der Waals surface area contributed by atoms with E-state index in [4.69, 9.17) is 19.9 Å². The van der Waals surface area contributed by atoms with Gasteiger partial charge in [-0.15, -0.1) is 0 Å². The lowest BCUT2D eigenvalue weighted by Crippen LogP contribution is -2.26. The number of aryl methyl sites for hydroxylation is 1. The number of para-hydroxylation sites is 4. The van der Waals surface area contributed by atoms with Gasteiger partial charge in [-0.2, -0.15) is 9.97 Å². The fraction of sp³-hybridized carbons (Fsp3) is 0.0526. The predicted octanol–water partition coefficient (Wildman–Crippen LogP) is 13.8. The normalized spacial score (nSPS) is 14.3. The minimum Gasteiger partial charge on any atom is -0.309 e. The molecule has 0 radical (unpaired) electrons. The Bertz CT molecular complexity index is 3550. The maximum Gasteiger partial charge on any atom is 0.239 e. The summed E-state index contributed by atoms with van der Waals surface area (Å²) >= 11 is 0. The molecule has 0 N–H and O–H groups in total. The van der Waals surface area contributed by atoms with Crippen molar-refractivity contribution in [2.75, 3.05) is 4.90 Å². The fourth-order valence-electron chi connectivity index (χ4n) is 10.1. The van der Waals surface area contributed by atoms with Crippen molar-refractivity contribution in [2.24, 2.45) is 4.99 Å². The van der Waals surface area contributed by atoms with Gasteiger partial charge in [0.25, 0.3) is 0 Å². The quantitative estimate of drug-likeness (QED) is 0.168. The molecule has 5 heterocycles. The Morgan fingerprint density at radius 2 is 0.953 bits per heavy atom. The van der Waals surface area contributed by atoms with Crippen LogP contribution in [0.4, 0.5) is 17.5 Å². The minimum atomic E-state index is -0.0221. The molecule has 7 heteroatoms. The van der Waals surface area contributed by atoms with Gasteiger partial charge in [-0.1, -0.05) is 146 Å². The van der Waals surface area contributed by atoms with Gasteiger partial charge in [-0.3, -0.25) is 9.47 Å². The number of aliphatic imine (C=N–C) groups is 1. The zero-order chi connectivity index (χ0) is 42.1. The number of hydrogen-bond donors (Lipinski definition) is 0. The summed E-state index contributed by atoms with van der Waals surface area (Å²) in [6, 6.07) is 72.8. The number of amidine groups is 1. The van der Waals surface area contributed by atoms with Crippen LogP contribution < -0.4 is 4.90 Å². The molecule has 1 atom stereocenters. The van der Waals surface area contributed by atoms with E-state index in [0.29, 0.717) is 17.6 Å². The lowest BCUT2D eigenvalue weighted by molar-refractivity contribution is 0.788. The maximum atomic E-state index is 5.80. The predicted molar refractivity (Wildman–Crippen MR) is 260 cm³/mol. The molecule has 0 amide bonds. The molecule has 0 saturated heterocycles. The molecule has 0 saturated carbocycles. The van der Waals surface area contributed by atoms with Crippen LogP contribution in [0.1, 0.15) is 23.5 Å². The van der Waals surface area contributed by atoms with Crippen LogP contribution in [0.15, 0.2) is 211 Å². The molecule has 64 heavy (non-hydrogen) atoms. The highest BCUT2D eigenvalue weighted by Gasteiger charge is 2.41. The summed E-state index contributed by atoms with van der Waals surface area (Å²) in [5.41, 5.74) is 13.4. The third-order valence-corrected chi connectivity index (χ3v) is 13.0. The molecule has 11 aromatic rings. The SMILES string of the molecule is c1ccc(-c2nc(-c3ccccc3)nc(N3C4=Nc5c(c6ccccc6n5-c5ccccc5)CCC4c4cc(-c5ccc6c(c5)c5ccccc5n6-c5ccccc5)ccc43)n2)cc1. The second-order valence-electron chi connectivity index (χ2n) is 16.6. The Hall–Kier alpha value is -8.42. The fourth-order valence-corrected chi connectivity index (χ4v) is 10.1. The summed E-state index contributed by atoms with van der Waals surface area (Å²) in [7, 11) is 0. The summed E-state index contributed by atoms with van der Waals surface area (Å²) in [5, 5.41) is 3.69. The highest BCUT2D eigenvalue weighted by Crippen LogP contribution is 2.50. The Morgan fingerprint density at radius 3 is 1.62 bits per heavy atom. The number of hydrogen-bond acceptors (Lipinski definition) is 5. The van der Waals surface area contributed by atoms with Gasteiger partial charge in [-0.25, -0.2) is 9.98 Å². The molecule has 0 bridgehead atoms. The van der Waals surface area contributed by atoms with Gasteiger partial charge in [0.15, 0.2) is 11.6 Å². The molecule has 0 spiro atoms. The van der Waals surface area contributed by atoms with Gasteiger partial charge < -0.3 is 4.57 Å². The number of aromatic nitrogens is 5. The van der Waals surface area contributed by atoms with Gasteiger partial charge in [-0.05, 0) is 90.2 Å². The van der Waals surface area contributed by atoms with Crippen LogP contribution in [-0.4, -0.2) is 29.9 Å². The number of benzene rings is 8. The Kier molecular flexibility index (Phi) is 8.27. The van der Waals surface area contributed by atoms with E-state index in [-0.39, 0.29) is 5.92 Å². The molecule has 0 fully saturated rings. The van der Waals surface area contributed by atoms with Crippen LogP contribution >= 0.6 is 0 Å². The molecule has 2 aliphatic heterocycles. The first-order chi connectivity index (χ1) is 31.7. The van der Waals surface area contributed by atoms with Crippen molar-refractivity contribution >= 4 is 56.0 Å². The summed E-state index contributed by atoms with van der Waals surface area (Å²) < 4.78 is 4.69. The first kappa shape index (κ1) is 36.3. The molecular formula is C57H39N7. The van der Waals surface area contributed by atoms with E-state index in [1.165, 1.54) is 43.9 Å². The average molecular weight is 822 g/mol. The molecule has 302 valence electrons. The van der Waals surface area contributed by atoms with Crippen LogP contribution in [0.3, 0.4) is 0 Å². The molecule has 0 aliphatic carbocycles. The van der Waals surface area contributed by atoms with E-state index < -0.39 is 0 Å². The number of nitrogens with zero attached hydrogens (tertiary/aromatic N) is 7. The average Bonchev–Trinajstić information content (AvgIpc) is 3.93. The molecule has 7 nitrogen and oxygen atoms in total. The van der Waals surface area contributed by atoms with E-state index in [1.807, 2.05) is 36.4 Å². The lowest BCUT2D eigenvalue weighted by Gasteiger charge is -2.21. The molecule has 8 aromatic carbocycles. The van der Waals surface area contributed by atoms with Gasteiger partial charge in [0.05, 0.1) is 22.2 Å². The zero-order valence-corrected chi connectivity index (χ0v) is 34.8. The van der Waals surface area contributed by atoms with E-state index >= 15 is 0 Å². The summed E-state index contributed by atoms with van der Waals surface area (Å²) in [5.74, 6) is 3.61. The van der Waals surface area contributed by atoms with Crippen LogP contribution in [0.5, 0.6) is 0 Å². The number of fused-ring (bicyclic) bond motifs is 9. The second kappa shape index (κ2) is 14.6. The van der Waals surface area contributed by atoms with Crippen molar-refractivity contribution < 1.29 is 0 Å². The highest BCUT2D eigenvalue weighted by atomic mass is 15.3. The molecule has 3 aromatic heterocycles. The van der Waals surface area contributed by atoms with Crippen LogP contribution in [0.2, 0.25) is 0 Å². The highest BCUT2D eigenvalue weighted by molar-refractivity contribution is 6.15. The second-order valence-corrected chi connectivity index (χ2v) is 16.6. The Labute approximate surface area is 369 Å². The van der Waals surface area contributed by atoms with Crippen LogP contribution in [-0.2, 0) is 6.42 Å². The summed E-state index contributed by atoms with van der Waals surface area (Å²) in [4.78, 5) is 23.7. The summed E-state index contributed by atoms with van der Waals surface area (Å²) in [6.45, 7) is 0. The van der Waals surface area contributed by atoms with E-state index in [2.05, 4.69) is 184 Å². The maximum absolute atomic E-state index is 5.80. The number of anilines is 2. The van der Waals surface area contributed by atoms with E-state index in [0.717, 1.165) is 63.8 Å². The van der Waals surface area contributed by atoms with Crippen molar-refractivity contribution in [3.05, 3.63) is 217 Å². The van der Waals surface area contributed by atoms with Gasteiger partial charge in [0.2, 0.25) is 5.95 Å².